The van der Waals surface area contributed by atoms with Gasteiger partial charge in [0.25, 0.3) is 0 Å². The van der Waals surface area contributed by atoms with Crippen LogP contribution in [0.5, 0.6) is 0 Å². The molecule has 1 aliphatic rings. The Labute approximate surface area is 80.5 Å². The van der Waals surface area contributed by atoms with Gasteiger partial charge in [-0.25, -0.2) is 4.79 Å². The van der Waals surface area contributed by atoms with Crippen LogP contribution in [0, 0.1) is 11.3 Å². The van der Waals surface area contributed by atoms with E-state index >= 15 is 0 Å². The highest BCUT2D eigenvalue weighted by Gasteiger charge is 2.35. The quantitative estimate of drug-likeness (QED) is 0.540. The molecule has 6 heteroatoms. The maximum Gasteiger partial charge on any atom is 0.394 e. The maximum atomic E-state index is 10.9. The number of rotatable bonds is 1. The molecule has 0 unspecified atom stereocenters. The molecule has 1 saturated heterocycles. The fourth-order valence-corrected chi connectivity index (χ4v) is 1.26. The van der Waals surface area contributed by atoms with Gasteiger partial charge in [-0.2, -0.15) is 5.26 Å². The smallest absolute Gasteiger partial charge is 0.394 e. The van der Waals surface area contributed by atoms with Crippen LogP contribution in [-0.4, -0.2) is 35.7 Å². The molecule has 0 spiro atoms. The van der Waals surface area contributed by atoms with Gasteiger partial charge in [0.1, 0.15) is 5.54 Å². The number of carboxylic acids is 1. The van der Waals surface area contributed by atoms with Crippen LogP contribution in [0.3, 0.4) is 0 Å². The Morgan fingerprint density at radius 2 is 2.00 bits per heavy atom. The van der Waals surface area contributed by atoms with Crippen molar-refractivity contribution in [2.75, 3.05) is 13.2 Å². The highest BCUT2D eigenvalue weighted by molar-refractivity contribution is 6.31. The van der Waals surface area contributed by atoms with Crippen LogP contribution >= 0.6 is 0 Å². The first-order valence-corrected chi connectivity index (χ1v) is 4.14. The molecule has 0 aromatic rings. The lowest BCUT2D eigenvalue weighted by Gasteiger charge is -2.30. The Balaban J connectivity index is 2.66. The number of hydrogen-bond donors (Lipinski definition) is 2. The third-order valence-corrected chi connectivity index (χ3v) is 2.11. The molecule has 1 heterocycles. The number of aliphatic carboxylic acids is 1. The summed E-state index contributed by atoms with van der Waals surface area (Å²) >= 11 is 0. The van der Waals surface area contributed by atoms with E-state index in [1.807, 2.05) is 6.07 Å². The van der Waals surface area contributed by atoms with Crippen molar-refractivity contribution in [1.82, 2.24) is 5.32 Å². The van der Waals surface area contributed by atoms with Gasteiger partial charge in [0, 0.05) is 26.1 Å². The molecule has 2 N–H and O–H groups in total. The van der Waals surface area contributed by atoms with Gasteiger partial charge >= 0.3 is 11.9 Å². The van der Waals surface area contributed by atoms with Gasteiger partial charge < -0.3 is 15.2 Å². The van der Waals surface area contributed by atoms with E-state index in [0.29, 0.717) is 26.1 Å². The summed E-state index contributed by atoms with van der Waals surface area (Å²) in [7, 11) is 0. The summed E-state index contributed by atoms with van der Waals surface area (Å²) in [6, 6.07) is 1.93. The van der Waals surface area contributed by atoms with Gasteiger partial charge in [0.15, 0.2) is 0 Å². The Hall–Kier alpha value is -1.61. The number of carboxylic acid groups (broad SMARTS) is 1. The van der Waals surface area contributed by atoms with Crippen LogP contribution in [0.4, 0.5) is 0 Å². The van der Waals surface area contributed by atoms with Crippen molar-refractivity contribution in [2.24, 2.45) is 0 Å². The van der Waals surface area contributed by atoms with Crippen LogP contribution < -0.4 is 5.32 Å². The minimum absolute atomic E-state index is 0.322. The summed E-state index contributed by atoms with van der Waals surface area (Å²) in [5, 5.41) is 19.4. The molecule has 1 amide bonds. The number of nitrogens with zero attached hydrogens (tertiary/aromatic N) is 1. The van der Waals surface area contributed by atoms with E-state index in [0.717, 1.165) is 0 Å². The fourth-order valence-electron chi connectivity index (χ4n) is 1.26. The number of carbonyl (C=O) groups excluding carboxylic acids is 1. The first-order chi connectivity index (χ1) is 6.59. The zero-order chi connectivity index (χ0) is 10.6. The molecule has 14 heavy (non-hydrogen) atoms. The molecule has 0 saturated carbocycles. The lowest BCUT2D eigenvalue weighted by molar-refractivity contribution is -0.151. The average molecular weight is 198 g/mol. The minimum Gasteiger partial charge on any atom is -0.474 e. The van der Waals surface area contributed by atoms with E-state index < -0.39 is 17.4 Å². The maximum absolute atomic E-state index is 10.9. The van der Waals surface area contributed by atoms with Crippen molar-refractivity contribution in [3.05, 3.63) is 0 Å². The van der Waals surface area contributed by atoms with Crippen LogP contribution in [0.1, 0.15) is 12.8 Å². The molecule has 1 rings (SSSR count). The molecule has 0 bridgehead atoms. The molecule has 0 aromatic heterocycles. The zero-order valence-electron chi connectivity index (χ0n) is 7.45. The largest absolute Gasteiger partial charge is 0.474 e. The molecule has 6 nitrogen and oxygen atoms in total. The van der Waals surface area contributed by atoms with Crippen LogP contribution in [0.2, 0.25) is 0 Å². The molecule has 0 aromatic carbocycles. The van der Waals surface area contributed by atoms with Gasteiger partial charge in [0.2, 0.25) is 0 Å². The predicted molar refractivity (Wildman–Crippen MR) is 44.2 cm³/mol. The number of nitriles is 1. The first kappa shape index (κ1) is 10.5. The summed E-state index contributed by atoms with van der Waals surface area (Å²) in [6.07, 6.45) is 0.644. The van der Waals surface area contributed by atoms with E-state index in [1.54, 1.807) is 0 Å². The topological polar surface area (TPSA) is 99.4 Å². The molecule has 1 fully saturated rings. The van der Waals surface area contributed by atoms with E-state index in [-0.39, 0.29) is 0 Å². The Morgan fingerprint density at radius 3 is 2.43 bits per heavy atom. The minimum atomic E-state index is -1.58. The van der Waals surface area contributed by atoms with Gasteiger partial charge in [-0.3, -0.25) is 4.79 Å². The molecule has 0 atom stereocenters. The number of ether oxygens (including phenoxy) is 1. The number of amides is 1. The van der Waals surface area contributed by atoms with Gasteiger partial charge in [-0.05, 0) is 0 Å². The second-order valence-corrected chi connectivity index (χ2v) is 3.07. The third-order valence-electron chi connectivity index (χ3n) is 2.11. The Bertz CT molecular complexity index is 288. The Morgan fingerprint density at radius 1 is 1.43 bits per heavy atom. The van der Waals surface area contributed by atoms with E-state index in [2.05, 4.69) is 5.32 Å². The predicted octanol–water partition coefficient (Wildman–Crippen LogP) is -0.740. The molecule has 0 radical (unpaired) electrons. The lowest BCUT2D eigenvalue weighted by atomic mass is 9.92. The Kier molecular flexibility index (Phi) is 3.04. The normalized spacial score (nSPS) is 19.4. The van der Waals surface area contributed by atoms with Crippen LogP contribution in [-0.2, 0) is 14.3 Å². The number of carbonyl (C=O) groups is 2. The third kappa shape index (κ3) is 2.20. The van der Waals surface area contributed by atoms with Crippen molar-refractivity contribution in [3.63, 3.8) is 0 Å². The first-order valence-electron chi connectivity index (χ1n) is 4.14. The summed E-state index contributed by atoms with van der Waals surface area (Å²) in [5.41, 5.74) is -1.08. The van der Waals surface area contributed by atoms with E-state index in [1.165, 1.54) is 0 Å². The molecular weight excluding hydrogens is 188 g/mol. The second kappa shape index (κ2) is 4.07. The van der Waals surface area contributed by atoms with Crippen molar-refractivity contribution < 1.29 is 19.4 Å². The van der Waals surface area contributed by atoms with Crippen molar-refractivity contribution in [3.8, 4) is 6.07 Å². The summed E-state index contributed by atoms with van der Waals surface area (Å²) in [6.45, 7) is 0.709. The highest BCUT2D eigenvalue weighted by atomic mass is 16.5. The summed E-state index contributed by atoms with van der Waals surface area (Å²) < 4.78 is 5.02. The monoisotopic (exact) mass is 198 g/mol. The van der Waals surface area contributed by atoms with Gasteiger partial charge in [-0.15, -0.1) is 0 Å². The van der Waals surface area contributed by atoms with Crippen molar-refractivity contribution in [2.45, 2.75) is 18.4 Å². The summed E-state index contributed by atoms with van der Waals surface area (Å²) in [5.74, 6) is -2.72. The number of hydrogen-bond acceptors (Lipinski definition) is 4. The second-order valence-electron chi connectivity index (χ2n) is 3.07. The van der Waals surface area contributed by atoms with E-state index in [9.17, 15) is 9.59 Å². The van der Waals surface area contributed by atoms with E-state index in [4.69, 9.17) is 15.1 Å². The highest BCUT2D eigenvalue weighted by Crippen LogP contribution is 2.19. The van der Waals surface area contributed by atoms with Crippen LogP contribution in [0.15, 0.2) is 0 Å². The summed E-state index contributed by atoms with van der Waals surface area (Å²) in [4.78, 5) is 21.2. The zero-order valence-corrected chi connectivity index (χ0v) is 7.45. The van der Waals surface area contributed by atoms with Gasteiger partial charge in [-0.1, -0.05) is 0 Å². The molecular formula is C8H10N2O4. The fraction of sp³-hybridized carbons (Fsp3) is 0.625. The average Bonchev–Trinajstić information content (AvgIpc) is 2.19. The SMILES string of the molecule is N#CC1(NC(=O)C(=O)O)CCOCC1. The standard InChI is InChI=1S/C8H10N2O4/c9-5-8(1-3-14-4-2-8)10-6(11)7(12)13/h1-4H2,(H,10,11)(H,12,13). The molecule has 76 valence electrons. The van der Waals surface area contributed by atoms with Crippen molar-refractivity contribution in [1.29, 1.82) is 5.26 Å². The lowest BCUT2D eigenvalue weighted by Crippen LogP contribution is -2.52. The van der Waals surface area contributed by atoms with Crippen LogP contribution in [0.25, 0.3) is 0 Å². The number of nitrogens with one attached hydrogen (secondary N) is 1. The molecule has 0 aliphatic carbocycles. The van der Waals surface area contributed by atoms with Crippen molar-refractivity contribution >= 4 is 11.9 Å². The molecule has 1 aliphatic heterocycles. The van der Waals surface area contributed by atoms with Gasteiger partial charge in [0.05, 0.1) is 6.07 Å².